The molecule has 2 rings (SSSR count). The molecule has 0 bridgehead atoms. The Bertz CT molecular complexity index is 987. The molecule has 0 saturated carbocycles. The van der Waals surface area contributed by atoms with E-state index in [1.54, 1.807) is 51.1 Å². The molecule has 0 aliphatic carbocycles. The van der Waals surface area contributed by atoms with Gasteiger partial charge in [0.2, 0.25) is 5.91 Å². The van der Waals surface area contributed by atoms with E-state index in [0.29, 0.717) is 11.3 Å². The first-order chi connectivity index (χ1) is 15.9. The normalized spacial score (nSPS) is 13.9. The van der Waals surface area contributed by atoms with E-state index in [1.807, 2.05) is 0 Å². The van der Waals surface area contributed by atoms with E-state index in [-0.39, 0.29) is 19.3 Å². The van der Waals surface area contributed by atoms with Crippen LogP contribution in [0.5, 0.6) is 0 Å². The SMILES string of the molecule is CC(C)(C)OC(=O)N[C@](CCC(=O)O)(Cc1ccccc1)C(=O)N[C@@H](Cc1cnc[nH]1)C(=O)O. The molecule has 0 spiro atoms. The van der Waals surface area contributed by atoms with Gasteiger partial charge in [-0.3, -0.25) is 9.59 Å². The molecule has 0 saturated heterocycles. The van der Waals surface area contributed by atoms with Crippen molar-refractivity contribution in [1.29, 1.82) is 0 Å². The minimum absolute atomic E-state index is 0.0808. The molecule has 0 aliphatic rings. The molecule has 11 nitrogen and oxygen atoms in total. The average molecular weight is 475 g/mol. The smallest absolute Gasteiger partial charge is 0.408 e. The van der Waals surface area contributed by atoms with Crippen molar-refractivity contribution < 1.29 is 34.1 Å². The molecular formula is C23H30N4O7. The third kappa shape index (κ3) is 8.23. The molecule has 2 amide bonds. The van der Waals surface area contributed by atoms with Gasteiger partial charge in [-0.15, -0.1) is 0 Å². The van der Waals surface area contributed by atoms with E-state index < -0.39 is 47.5 Å². The molecule has 184 valence electrons. The van der Waals surface area contributed by atoms with Crippen LogP contribution in [0.3, 0.4) is 0 Å². The lowest BCUT2D eigenvalue weighted by molar-refractivity contribution is -0.143. The van der Waals surface area contributed by atoms with Crippen LogP contribution in [0.25, 0.3) is 0 Å². The van der Waals surface area contributed by atoms with Gasteiger partial charge in [0.05, 0.1) is 6.33 Å². The van der Waals surface area contributed by atoms with Crippen molar-refractivity contribution in [2.75, 3.05) is 0 Å². The van der Waals surface area contributed by atoms with E-state index in [1.165, 1.54) is 12.5 Å². The Kier molecular flexibility index (Phi) is 8.76. The van der Waals surface area contributed by atoms with Crippen molar-refractivity contribution in [2.24, 2.45) is 0 Å². The molecule has 0 radical (unpaired) electrons. The Labute approximate surface area is 196 Å². The molecule has 0 fully saturated rings. The fraction of sp³-hybridized carbons (Fsp3) is 0.435. The molecule has 2 atom stereocenters. The van der Waals surface area contributed by atoms with Gasteiger partial charge >= 0.3 is 18.0 Å². The predicted octanol–water partition coefficient (Wildman–Crippen LogP) is 1.89. The lowest BCUT2D eigenvalue weighted by Crippen LogP contribution is -2.63. The van der Waals surface area contributed by atoms with Gasteiger partial charge < -0.3 is 30.6 Å². The number of benzene rings is 1. The lowest BCUT2D eigenvalue weighted by atomic mass is 9.84. The number of hydrogen-bond donors (Lipinski definition) is 5. The number of H-pyrrole nitrogens is 1. The number of amides is 2. The first kappa shape index (κ1) is 26.4. The number of rotatable bonds is 11. The number of alkyl carbamates (subject to hydrolysis) is 1. The average Bonchev–Trinajstić information content (AvgIpc) is 3.24. The fourth-order valence-corrected chi connectivity index (χ4v) is 3.32. The van der Waals surface area contributed by atoms with Gasteiger partial charge in [0, 0.05) is 31.2 Å². The largest absolute Gasteiger partial charge is 0.481 e. The first-order valence-corrected chi connectivity index (χ1v) is 10.7. The number of carbonyl (C=O) groups is 4. The number of imidazole rings is 1. The van der Waals surface area contributed by atoms with Crippen LogP contribution >= 0.6 is 0 Å². The highest BCUT2D eigenvalue weighted by atomic mass is 16.6. The highest BCUT2D eigenvalue weighted by molar-refractivity contribution is 5.93. The number of aromatic nitrogens is 2. The molecule has 0 unspecified atom stereocenters. The molecule has 11 heteroatoms. The summed E-state index contributed by atoms with van der Waals surface area (Å²) < 4.78 is 5.32. The van der Waals surface area contributed by atoms with E-state index in [0.717, 1.165) is 0 Å². The van der Waals surface area contributed by atoms with Crippen molar-refractivity contribution >= 4 is 23.9 Å². The Hall–Kier alpha value is -3.89. The zero-order valence-corrected chi connectivity index (χ0v) is 19.3. The maximum absolute atomic E-state index is 13.6. The van der Waals surface area contributed by atoms with Gasteiger partial charge in [0.1, 0.15) is 17.2 Å². The summed E-state index contributed by atoms with van der Waals surface area (Å²) >= 11 is 0. The monoisotopic (exact) mass is 474 g/mol. The van der Waals surface area contributed by atoms with E-state index in [4.69, 9.17) is 4.74 Å². The molecule has 5 N–H and O–H groups in total. The van der Waals surface area contributed by atoms with E-state index in [2.05, 4.69) is 20.6 Å². The Morgan fingerprint density at radius 1 is 1.12 bits per heavy atom. The fourth-order valence-electron chi connectivity index (χ4n) is 3.32. The third-order valence-corrected chi connectivity index (χ3v) is 4.87. The molecule has 1 aromatic heterocycles. The topological polar surface area (TPSA) is 171 Å². The number of carbonyl (C=O) groups excluding carboxylic acids is 2. The van der Waals surface area contributed by atoms with Crippen molar-refractivity contribution in [3.8, 4) is 0 Å². The standard InChI is InChI=1S/C23H30N4O7/c1-22(2,3)34-21(33)27-23(10-9-18(28)29,12-15-7-5-4-6-8-15)20(32)26-17(19(30)31)11-16-13-24-14-25-16/h4-8,13-14,17H,9-12H2,1-3H3,(H,24,25)(H,26,32)(H,27,33)(H,28,29)(H,30,31)/t17-,23+/m0/s1. The van der Waals surface area contributed by atoms with Gasteiger partial charge in [0.25, 0.3) is 0 Å². The van der Waals surface area contributed by atoms with Crippen molar-refractivity contribution in [3.05, 3.63) is 54.1 Å². The number of aromatic amines is 1. The number of ether oxygens (including phenoxy) is 1. The maximum Gasteiger partial charge on any atom is 0.408 e. The van der Waals surface area contributed by atoms with Crippen LogP contribution in [-0.4, -0.2) is 61.3 Å². The van der Waals surface area contributed by atoms with E-state index in [9.17, 15) is 29.4 Å². The quantitative estimate of drug-likeness (QED) is 0.329. The number of aliphatic carboxylic acids is 2. The summed E-state index contributed by atoms with van der Waals surface area (Å²) in [6, 6.07) is 7.34. The maximum atomic E-state index is 13.6. The van der Waals surface area contributed by atoms with Crippen LogP contribution in [0.1, 0.15) is 44.9 Å². The Morgan fingerprint density at radius 3 is 2.32 bits per heavy atom. The van der Waals surface area contributed by atoms with Crippen LogP contribution in [0.15, 0.2) is 42.9 Å². The number of hydrogen-bond acceptors (Lipinski definition) is 6. The van der Waals surface area contributed by atoms with Gasteiger partial charge in [-0.25, -0.2) is 14.6 Å². The van der Waals surface area contributed by atoms with Crippen LogP contribution in [-0.2, 0) is 32.0 Å². The summed E-state index contributed by atoms with van der Waals surface area (Å²) in [6.07, 6.45) is 0.975. The van der Waals surface area contributed by atoms with Gasteiger partial charge in [-0.1, -0.05) is 30.3 Å². The summed E-state index contributed by atoms with van der Waals surface area (Å²) in [6.45, 7) is 4.94. The van der Waals surface area contributed by atoms with Crippen molar-refractivity contribution in [1.82, 2.24) is 20.6 Å². The predicted molar refractivity (Wildman–Crippen MR) is 121 cm³/mol. The highest BCUT2D eigenvalue weighted by Crippen LogP contribution is 2.22. The van der Waals surface area contributed by atoms with Crippen LogP contribution < -0.4 is 10.6 Å². The summed E-state index contributed by atoms with van der Waals surface area (Å²) in [5.41, 5.74) is -1.55. The molecule has 2 aromatic rings. The second kappa shape index (κ2) is 11.3. The van der Waals surface area contributed by atoms with Crippen LogP contribution in [0, 0.1) is 0 Å². The zero-order valence-electron chi connectivity index (χ0n) is 19.3. The Balaban J connectivity index is 2.42. The second-order valence-corrected chi connectivity index (χ2v) is 8.91. The minimum atomic E-state index is -1.79. The van der Waals surface area contributed by atoms with E-state index >= 15 is 0 Å². The summed E-state index contributed by atoms with van der Waals surface area (Å²) in [4.78, 5) is 56.1. The van der Waals surface area contributed by atoms with Gasteiger partial charge in [-0.2, -0.15) is 0 Å². The molecule has 1 aromatic carbocycles. The molecular weight excluding hydrogens is 444 g/mol. The number of nitrogens with one attached hydrogen (secondary N) is 3. The summed E-state index contributed by atoms with van der Waals surface area (Å²) in [5.74, 6) is -3.31. The number of nitrogens with zero attached hydrogens (tertiary/aromatic N) is 1. The summed E-state index contributed by atoms with van der Waals surface area (Å²) in [5, 5.41) is 24.0. The third-order valence-electron chi connectivity index (χ3n) is 4.87. The first-order valence-electron chi connectivity index (χ1n) is 10.7. The summed E-state index contributed by atoms with van der Waals surface area (Å²) in [7, 11) is 0. The molecule has 0 aliphatic heterocycles. The zero-order chi connectivity index (χ0) is 25.4. The lowest BCUT2D eigenvalue weighted by Gasteiger charge is -2.35. The van der Waals surface area contributed by atoms with Crippen molar-refractivity contribution in [2.45, 2.75) is 63.6 Å². The number of carboxylic acid groups (broad SMARTS) is 2. The van der Waals surface area contributed by atoms with Gasteiger partial charge in [0.15, 0.2) is 0 Å². The van der Waals surface area contributed by atoms with Gasteiger partial charge in [-0.05, 0) is 32.8 Å². The Morgan fingerprint density at radius 2 is 1.79 bits per heavy atom. The molecule has 34 heavy (non-hydrogen) atoms. The number of carboxylic acids is 2. The van der Waals surface area contributed by atoms with Crippen molar-refractivity contribution in [3.63, 3.8) is 0 Å². The minimum Gasteiger partial charge on any atom is -0.481 e. The highest BCUT2D eigenvalue weighted by Gasteiger charge is 2.43. The van der Waals surface area contributed by atoms with Crippen LogP contribution in [0.4, 0.5) is 4.79 Å². The molecule has 1 heterocycles. The second-order valence-electron chi connectivity index (χ2n) is 8.91. The van der Waals surface area contributed by atoms with Crippen LogP contribution in [0.2, 0.25) is 0 Å².